The molecule has 2 heterocycles. The summed E-state index contributed by atoms with van der Waals surface area (Å²) in [7, 11) is 0. The summed E-state index contributed by atoms with van der Waals surface area (Å²) in [6.07, 6.45) is 0. The summed E-state index contributed by atoms with van der Waals surface area (Å²) in [6, 6.07) is 14.4. The molecule has 1 fully saturated rings. The van der Waals surface area contributed by atoms with Crippen molar-refractivity contribution in [1.29, 1.82) is 0 Å². The van der Waals surface area contributed by atoms with Gasteiger partial charge in [-0.2, -0.15) is 0 Å². The van der Waals surface area contributed by atoms with Crippen molar-refractivity contribution in [2.75, 3.05) is 11.9 Å². The number of para-hydroxylation sites is 2. The van der Waals surface area contributed by atoms with Gasteiger partial charge in [-0.3, -0.25) is 19.8 Å². The standard InChI is InChI=1S/C24H27N5O3/c1-15-10-12-16(13-11-15)24(5)20(31)28(22(32)27-24)14-19(30)26-21-25-17-8-6-7-9-18(17)29(21)23(2,3)4/h6-13H,14H2,1-5H3,(H,27,32)(H,25,26,30). The first-order valence-electron chi connectivity index (χ1n) is 10.5. The van der Waals surface area contributed by atoms with E-state index in [-0.39, 0.29) is 5.54 Å². The lowest BCUT2D eigenvalue weighted by Crippen LogP contribution is -2.42. The minimum absolute atomic E-state index is 0.344. The van der Waals surface area contributed by atoms with Gasteiger partial charge in [0, 0.05) is 5.54 Å². The molecule has 1 aliphatic heterocycles. The monoisotopic (exact) mass is 433 g/mol. The van der Waals surface area contributed by atoms with Crippen LogP contribution in [-0.2, 0) is 20.7 Å². The Hall–Kier alpha value is -3.68. The number of rotatable bonds is 4. The van der Waals surface area contributed by atoms with Gasteiger partial charge in [0.25, 0.3) is 5.91 Å². The Kier molecular flexibility index (Phi) is 5.03. The van der Waals surface area contributed by atoms with Crippen molar-refractivity contribution in [3.05, 3.63) is 59.7 Å². The lowest BCUT2D eigenvalue weighted by molar-refractivity contribution is -0.133. The average molecular weight is 434 g/mol. The van der Waals surface area contributed by atoms with Gasteiger partial charge >= 0.3 is 6.03 Å². The third-order valence-electron chi connectivity index (χ3n) is 5.69. The molecule has 0 spiro atoms. The molecule has 1 atom stereocenters. The maximum Gasteiger partial charge on any atom is 0.325 e. The number of anilines is 1. The number of hydrogen-bond acceptors (Lipinski definition) is 4. The van der Waals surface area contributed by atoms with Crippen LogP contribution in [-0.4, -0.2) is 38.8 Å². The molecule has 166 valence electrons. The van der Waals surface area contributed by atoms with Gasteiger partial charge in [0.2, 0.25) is 11.9 Å². The number of aromatic nitrogens is 2. The predicted octanol–water partition coefficient (Wildman–Crippen LogP) is 3.51. The maximum absolute atomic E-state index is 13.1. The molecule has 0 saturated carbocycles. The first kappa shape index (κ1) is 21.5. The number of carbonyl (C=O) groups excluding carboxylic acids is 3. The molecule has 0 aliphatic carbocycles. The molecule has 1 aromatic heterocycles. The first-order chi connectivity index (χ1) is 15.0. The fourth-order valence-corrected chi connectivity index (χ4v) is 4.02. The highest BCUT2D eigenvalue weighted by Gasteiger charge is 2.49. The molecule has 1 aliphatic rings. The van der Waals surface area contributed by atoms with E-state index in [9.17, 15) is 14.4 Å². The van der Waals surface area contributed by atoms with E-state index in [4.69, 9.17) is 0 Å². The molecule has 8 heteroatoms. The highest BCUT2D eigenvalue weighted by atomic mass is 16.2. The number of imide groups is 1. The van der Waals surface area contributed by atoms with Gasteiger partial charge in [-0.25, -0.2) is 9.78 Å². The summed E-state index contributed by atoms with van der Waals surface area (Å²) in [5.41, 5.74) is 1.79. The molecule has 2 aromatic carbocycles. The zero-order valence-corrected chi connectivity index (χ0v) is 18.9. The van der Waals surface area contributed by atoms with Crippen LogP contribution >= 0.6 is 0 Å². The minimum Gasteiger partial charge on any atom is -0.319 e. The molecule has 1 saturated heterocycles. The summed E-state index contributed by atoms with van der Waals surface area (Å²) in [6.45, 7) is 9.24. The topological polar surface area (TPSA) is 96.3 Å². The van der Waals surface area contributed by atoms with Crippen LogP contribution in [0, 0.1) is 6.92 Å². The Balaban J connectivity index is 1.57. The van der Waals surface area contributed by atoms with Crippen LogP contribution in [0.25, 0.3) is 11.0 Å². The maximum atomic E-state index is 13.1. The Bertz CT molecular complexity index is 1220. The molecule has 3 aromatic rings. The number of amides is 4. The van der Waals surface area contributed by atoms with Crippen molar-refractivity contribution in [2.24, 2.45) is 0 Å². The molecule has 2 N–H and O–H groups in total. The third-order valence-corrected chi connectivity index (χ3v) is 5.69. The zero-order chi connectivity index (χ0) is 23.3. The van der Waals surface area contributed by atoms with Crippen molar-refractivity contribution in [3.63, 3.8) is 0 Å². The normalized spacial score (nSPS) is 18.8. The van der Waals surface area contributed by atoms with E-state index >= 15 is 0 Å². The Labute approximate surface area is 186 Å². The van der Waals surface area contributed by atoms with Gasteiger partial charge in [-0.15, -0.1) is 0 Å². The van der Waals surface area contributed by atoms with Crippen molar-refractivity contribution in [1.82, 2.24) is 19.8 Å². The number of aryl methyl sites for hydroxylation is 1. The SMILES string of the molecule is Cc1ccc(C2(C)NC(=O)N(CC(=O)Nc3nc4ccccc4n3C(C)(C)C)C2=O)cc1. The molecular formula is C24H27N5O3. The average Bonchev–Trinajstić information content (AvgIpc) is 3.18. The van der Waals surface area contributed by atoms with Gasteiger partial charge < -0.3 is 9.88 Å². The van der Waals surface area contributed by atoms with Gasteiger partial charge in [0.15, 0.2) is 0 Å². The molecule has 0 bridgehead atoms. The second-order valence-electron chi connectivity index (χ2n) is 9.29. The number of urea groups is 1. The van der Waals surface area contributed by atoms with E-state index in [0.29, 0.717) is 11.5 Å². The van der Waals surface area contributed by atoms with Crippen molar-refractivity contribution in [2.45, 2.75) is 45.7 Å². The molecule has 4 rings (SSSR count). The largest absolute Gasteiger partial charge is 0.325 e. The Morgan fingerprint density at radius 1 is 1.09 bits per heavy atom. The number of hydrogen-bond donors (Lipinski definition) is 2. The summed E-state index contributed by atoms with van der Waals surface area (Å²) >= 11 is 0. The number of nitrogens with zero attached hydrogens (tertiary/aromatic N) is 3. The van der Waals surface area contributed by atoms with E-state index < -0.39 is 29.9 Å². The van der Waals surface area contributed by atoms with Gasteiger partial charge in [0.1, 0.15) is 12.1 Å². The van der Waals surface area contributed by atoms with Crippen molar-refractivity contribution < 1.29 is 14.4 Å². The van der Waals surface area contributed by atoms with E-state index in [1.807, 2.05) is 80.8 Å². The van der Waals surface area contributed by atoms with E-state index in [1.165, 1.54) is 0 Å². The van der Waals surface area contributed by atoms with E-state index in [2.05, 4.69) is 15.6 Å². The molecule has 0 radical (unpaired) electrons. The van der Waals surface area contributed by atoms with Gasteiger partial charge in [-0.1, -0.05) is 42.0 Å². The molecule has 1 unspecified atom stereocenters. The van der Waals surface area contributed by atoms with Crippen LogP contribution in [0.3, 0.4) is 0 Å². The minimum atomic E-state index is -1.22. The second kappa shape index (κ2) is 7.47. The number of carbonyl (C=O) groups is 3. The second-order valence-corrected chi connectivity index (χ2v) is 9.29. The lowest BCUT2D eigenvalue weighted by Gasteiger charge is -2.25. The number of nitrogens with one attached hydrogen (secondary N) is 2. The number of benzene rings is 2. The van der Waals surface area contributed by atoms with Crippen LogP contribution in [0.2, 0.25) is 0 Å². The molecule has 8 nitrogen and oxygen atoms in total. The van der Waals surface area contributed by atoms with Crippen LogP contribution in [0.5, 0.6) is 0 Å². The van der Waals surface area contributed by atoms with Gasteiger partial charge in [-0.05, 0) is 52.3 Å². The Morgan fingerprint density at radius 2 is 1.75 bits per heavy atom. The zero-order valence-electron chi connectivity index (χ0n) is 18.9. The first-order valence-corrected chi connectivity index (χ1v) is 10.5. The summed E-state index contributed by atoms with van der Waals surface area (Å²) in [5.74, 6) is -0.592. The number of fused-ring (bicyclic) bond motifs is 1. The lowest BCUT2D eigenvalue weighted by atomic mass is 9.91. The van der Waals surface area contributed by atoms with E-state index in [1.54, 1.807) is 6.92 Å². The predicted molar refractivity (Wildman–Crippen MR) is 122 cm³/mol. The quantitative estimate of drug-likeness (QED) is 0.616. The highest BCUT2D eigenvalue weighted by Crippen LogP contribution is 2.30. The Morgan fingerprint density at radius 3 is 2.41 bits per heavy atom. The fraction of sp³-hybridized carbons (Fsp3) is 0.333. The number of imidazole rings is 1. The van der Waals surface area contributed by atoms with E-state index in [0.717, 1.165) is 21.5 Å². The van der Waals surface area contributed by atoms with Crippen LogP contribution in [0.1, 0.15) is 38.8 Å². The third kappa shape index (κ3) is 3.62. The molecule has 4 amide bonds. The van der Waals surface area contributed by atoms with Crippen LogP contribution < -0.4 is 10.6 Å². The fourth-order valence-electron chi connectivity index (χ4n) is 4.02. The smallest absolute Gasteiger partial charge is 0.319 e. The van der Waals surface area contributed by atoms with Crippen LogP contribution in [0.4, 0.5) is 10.7 Å². The highest BCUT2D eigenvalue weighted by molar-refractivity contribution is 6.10. The summed E-state index contributed by atoms with van der Waals surface area (Å²) in [5, 5.41) is 5.52. The molecular weight excluding hydrogens is 406 g/mol. The van der Waals surface area contributed by atoms with Gasteiger partial charge in [0.05, 0.1) is 11.0 Å². The van der Waals surface area contributed by atoms with Crippen LogP contribution in [0.15, 0.2) is 48.5 Å². The van der Waals surface area contributed by atoms with Crippen molar-refractivity contribution >= 4 is 34.8 Å². The summed E-state index contributed by atoms with van der Waals surface area (Å²) < 4.78 is 1.93. The van der Waals surface area contributed by atoms with Crippen molar-refractivity contribution in [3.8, 4) is 0 Å². The summed E-state index contributed by atoms with van der Waals surface area (Å²) in [4.78, 5) is 44.1. The molecule has 32 heavy (non-hydrogen) atoms.